The molecule has 0 unspecified atom stereocenters. The van der Waals surface area contributed by atoms with Gasteiger partial charge in [0.15, 0.2) is 6.29 Å². The van der Waals surface area contributed by atoms with Gasteiger partial charge in [0.1, 0.15) is 11.5 Å². The van der Waals surface area contributed by atoms with Crippen molar-refractivity contribution in [1.82, 2.24) is 9.55 Å². The second-order valence-electron chi connectivity index (χ2n) is 7.43. The van der Waals surface area contributed by atoms with Crippen LogP contribution >= 0.6 is 23.2 Å². The first-order valence-electron chi connectivity index (χ1n) is 10.0. The van der Waals surface area contributed by atoms with Gasteiger partial charge in [-0.3, -0.25) is 4.79 Å². The number of aromatic nitrogens is 2. The third kappa shape index (κ3) is 5.43. The predicted molar refractivity (Wildman–Crippen MR) is 131 cm³/mol. The van der Waals surface area contributed by atoms with Gasteiger partial charge in [0.2, 0.25) is 0 Å². The van der Waals surface area contributed by atoms with E-state index in [1.165, 1.54) is 0 Å². The van der Waals surface area contributed by atoms with Gasteiger partial charge in [-0.25, -0.2) is 4.98 Å². The van der Waals surface area contributed by atoms with E-state index in [9.17, 15) is 4.79 Å². The molecular weight excluding hydrogens is 427 g/mol. The summed E-state index contributed by atoms with van der Waals surface area (Å²) < 4.78 is 1.86. The Balaban J connectivity index is 2.22. The number of rotatable bonds is 8. The number of benzene rings is 2. The van der Waals surface area contributed by atoms with Crippen LogP contribution in [0.4, 0.5) is 0 Å². The number of allylic oxidation sites excluding steroid dienone is 5. The molecule has 3 aromatic rings. The molecule has 0 N–H and O–H groups in total. The van der Waals surface area contributed by atoms with Crippen LogP contribution in [0.3, 0.4) is 0 Å². The number of carbonyl (C=O) groups excluding carboxylic acids is 1. The Morgan fingerprint density at radius 2 is 1.90 bits per heavy atom. The van der Waals surface area contributed by atoms with Crippen molar-refractivity contribution in [2.75, 3.05) is 0 Å². The summed E-state index contributed by atoms with van der Waals surface area (Å²) >= 11 is 12.6. The summed E-state index contributed by atoms with van der Waals surface area (Å²) in [6, 6.07) is 14.9. The average molecular weight is 451 g/mol. The molecule has 3 rings (SSSR count). The van der Waals surface area contributed by atoms with Gasteiger partial charge >= 0.3 is 0 Å². The summed E-state index contributed by atoms with van der Waals surface area (Å²) in [5.41, 5.74) is 3.56. The molecule has 31 heavy (non-hydrogen) atoms. The molecule has 0 fully saturated rings. The zero-order valence-electron chi connectivity index (χ0n) is 17.6. The quantitative estimate of drug-likeness (QED) is 0.263. The lowest BCUT2D eigenvalue weighted by molar-refractivity contribution is 0.111. The van der Waals surface area contributed by atoms with Crippen molar-refractivity contribution in [2.45, 2.75) is 20.4 Å². The van der Waals surface area contributed by atoms with Gasteiger partial charge in [0.25, 0.3) is 0 Å². The summed E-state index contributed by atoms with van der Waals surface area (Å²) in [6.07, 6.45) is 8.60. The Labute approximate surface area is 193 Å². The van der Waals surface area contributed by atoms with Crippen LogP contribution in [0.25, 0.3) is 16.8 Å². The maximum absolute atomic E-state index is 12.2. The summed E-state index contributed by atoms with van der Waals surface area (Å²) in [5.74, 6) is 1.05. The minimum absolute atomic E-state index is 0.349. The van der Waals surface area contributed by atoms with E-state index in [2.05, 4.69) is 26.5 Å². The fraction of sp³-hybridized carbons (Fsp3) is 0.154. The molecular formula is C26H24Cl2N2O. The van der Waals surface area contributed by atoms with E-state index in [-0.39, 0.29) is 0 Å². The summed E-state index contributed by atoms with van der Waals surface area (Å²) in [4.78, 5) is 17.1. The van der Waals surface area contributed by atoms with E-state index < -0.39 is 0 Å². The normalized spacial score (nSPS) is 12.0. The molecule has 0 amide bonds. The smallest absolute Gasteiger partial charge is 0.168 e. The molecule has 158 valence electrons. The molecule has 1 heterocycles. The molecule has 0 atom stereocenters. The second-order valence-corrected chi connectivity index (χ2v) is 8.27. The topological polar surface area (TPSA) is 34.9 Å². The maximum Gasteiger partial charge on any atom is 0.168 e. The third-order valence-electron chi connectivity index (χ3n) is 4.75. The fourth-order valence-corrected chi connectivity index (χ4v) is 3.60. The number of nitrogens with zero attached hydrogens (tertiary/aromatic N) is 2. The Bertz CT molecular complexity index is 1140. The molecule has 0 saturated carbocycles. The number of imidazole rings is 1. The van der Waals surface area contributed by atoms with E-state index in [0.29, 0.717) is 39.7 Å². The molecule has 2 aromatic carbocycles. The lowest BCUT2D eigenvalue weighted by atomic mass is 10.1. The first kappa shape index (κ1) is 22.8. The second kappa shape index (κ2) is 10.4. The van der Waals surface area contributed by atoms with Crippen molar-refractivity contribution in [2.24, 2.45) is 5.92 Å². The summed E-state index contributed by atoms with van der Waals surface area (Å²) in [5, 5.41) is 1.15. The molecule has 3 nitrogen and oxygen atoms in total. The average Bonchev–Trinajstić information content (AvgIpc) is 3.12. The number of hydrogen-bond acceptors (Lipinski definition) is 2. The van der Waals surface area contributed by atoms with Crippen LogP contribution in [0.1, 0.15) is 35.7 Å². The van der Waals surface area contributed by atoms with E-state index in [0.717, 1.165) is 23.0 Å². The van der Waals surface area contributed by atoms with Gasteiger partial charge < -0.3 is 4.57 Å². The molecule has 5 heteroatoms. The van der Waals surface area contributed by atoms with Crippen molar-refractivity contribution in [3.05, 3.63) is 107 Å². The maximum atomic E-state index is 12.2. The Kier molecular flexibility index (Phi) is 7.67. The molecule has 0 radical (unpaired) electrons. The van der Waals surface area contributed by atoms with Gasteiger partial charge in [-0.1, -0.05) is 98.3 Å². The van der Waals surface area contributed by atoms with Gasteiger partial charge in [-0.2, -0.15) is 0 Å². The van der Waals surface area contributed by atoms with Crippen LogP contribution in [0.15, 0.2) is 79.4 Å². The molecule has 0 saturated heterocycles. The standard InChI is InChI=1S/C26H24Cl2N2O/c1-4-19(12-8-9-18(2)3)26-29-25(20-10-6-5-7-11-20)24(17-31)30(26)16-21-15-22(27)13-14-23(21)28/h4-15,17-18H,1,16H2,2-3H3/b9-8-,19-12+. The predicted octanol–water partition coefficient (Wildman–Crippen LogP) is 7.50. The number of carbonyl (C=O) groups is 1. The van der Waals surface area contributed by atoms with Crippen molar-refractivity contribution in [3.63, 3.8) is 0 Å². The monoisotopic (exact) mass is 450 g/mol. The van der Waals surface area contributed by atoms with Crippen molar-refractivity contribution >= 4 is 35.1 Å². The van der Waals surface area contributed by atoms with Crippen LogP contribution in [-0.2, 0) is 6.54 Å². The van der Waals surface area contributed by atoms with Gasteiger partial charge in [0, 0.05) is 21.2 Å². The van der Waals surface area contributed by atoms with E-state index in [4.69, 9.17) is 28.2 Å². The van der Waals surface area contributed by atoms with Crippen molar-refractivity contribution in [1.29, 1.82) is 0 Å². The van der Waals surface area contributed by atoms with Crippen molar-refractivity contribution < 1.29 is 4.79 Å². The fourth-order valence-electron chi connectivity index (χ4n) is 3.22. The van der Waals surface area contributed by atoms with Gasteiger partial charge in [-0.05, 0) is 29.7 Å². The zero-order chi connectivity index (χ0) is 22.4. The van der Waals surface area contributed by atoms with Crippen LogP contribution in [0.2, 0.25) is 10.0 Å². The number of hydrogen-bond donors (Lipinski definition) is 0. The lowest BCUT2D eigenvalue weighted by Crippen LogP contribution is -2.08. The molecule has 0 aliphatic carbocycles. The van der Waals surface area contributed by atoms with Gasteiger partial charge in [0.05, 0.1) is 12.2 Å². The number of aldehydes is 1. The third-order valence-corrected chi connectivity index (χ3v) is 5.36. The van der Waals surface area contributed by atoms with Crippen molar-refractivity contribution in [3.8, 4) is 11.3 Å². The molecule has 0 aliphatic rings. The first-order chi connectivity index (χ1) is 14.9. The Hall–Kier alpha value is -2.88. The minimum atomic E-state index is 0.349. The van der Waals surface area contributed by atoms with Gasteiger partial charge in [-0.15, -0.1) is 0 Å². The highest BCUT2D eigenvalue weighted by Gasteiger charge is 2.20. The Morgan fingerprint density at radius 3 is 2.55 bits per heavy atom. The van der Waals surface area contributed by atoms with E-state index in [1.807, 2.05) is 47.1 Å². The Morgan fingerprint density at radius 1 is 1.16 bits per heavy atom. The number of halogens is 2. The summed E-state index contributed by atoms with van der Waals surface area (Å²) in [6.45, 7) is 8.53. The van der Waals surface area contributed by atoms with Crippen LogP contribution in [-0.4, -0.2) is 15.8 Å². The van der Waals surface area contributed by atoms with E-state index in [1.54, 1.807) is 24.3 Å². The summed E-state index contributed by atoms with van der Waals surface area (Å²) in [7, 11) is 0. The highest BCUT2D eigenvalue weighted by atomic mass is 35.5. The molecule has 0 spiro atoms. The van der Waals surface area contributed by atoms with E-state index >= 15 is 0 Å². The molecule has 1 aromatic heterocycles. The SMILES string of the molecule is C=C/C(=C\C=C/C(C)C)c1nc(-c2ccccc2)c(C=O)n1Cc1cc(Cl)ccc1Cl. The zero-order valence-corrected chi connectivity index (χ0v) is 19.1. The van der Waals surface area contributed by atoms with Crippen LogP contribution in [0, 0.1) is 5.92 Å². The molecule has 0 aliphatic heterocycles. The first-order valence-corrected chi connectivity index (χ1v) is 10.8. The van der Waals surface area contributed by atoms with Crippen LogP contribution in [0.5, 0.6) is 0 Å². The lowest BCUT2D eigenvalue weighted by Gasteiger charge is -2.12. The largest absolute Gasteiger partial charge is 0.317 e. The van der Waals surface area contributed by atoms with Crippen LogP contribution < -0.4 is 0 Å². The molecule has 0 bridgehead atoms. The highest BCUT2D eigenvalue weighted by molar-refractivity contribution is 6.33. The highest BCUT2D eigenvalue weighted by Crippen LogP contribution is 2.30. The minimum Gasteiger partial charge on any atom is -0.317 e.